The smallest absolute Gasteiger partial charge is 0.322 e. The van der Waals surface area contributed by atoms with Crippen molar-refractivity contribution in [2.45, 2.75) is 19.6 Å². The standard InChI is InChI=1S/C16H15F3N2/c1-3-7-21-9-11-5-4-6-12-14(16(17,18)19)8-13(15(11)12)10(2)20-21/h3-6,8,20H,1,7,9H2,2H3. The average molecular weight is 292 g/mol. The van der Waals surface area contributed by atoms with Crippen molar-refractivity contribution >= 4 is 11.1 Å². The van der Waals surface area contributed by atoms with E-state index in [-0.39, 0.29) is 5.56 Å². The highest BCUT2D eigenvalue weighted by Crippen LogP contribution is 2.46. The average Bonchev–Trinajstić information content (AvgIpc) is 2.73. The molecule has 1 N–H and O–H groups in total. The minimum absolute atomic E-state index is 0.275. The SMILES string of the molecule is C=CCN1Cc2cccc3c2C(=C(C)N1)C=C3C(F)(F)F. The van der Waals surface area contributed by atoms with Crippen LogP contribution in [-0.2, 0) is 6.54 Å². The van der Waals surface area contributed by atoms with Crippen LogP contribution in [0.25, 0.3) is 11.1 Å². The Morgan fingerprint density at radius 2 is 2.14 bits per heavy atom. The molecule has 0 amide bonds. The first-order valence-corrected chi connectivity index (χ1v) is 6.66. The molecule has 0 bridgehead atoms. The Hall–Kier alpha value is -2.01. The largest absolute Gasteiger partial charge is 0.417 e. The van der Waals surface area contributed by atoms with Crippen LogP contribution in [0, 0.1) is 0 Å². The van der Waals surface area contributed by atoms with Crippen LogP contribution in [0.5, 0.6) is 0 Å². The van der Waals surface area contributed by atoms with Gasteiger partial charge in [-0.3, -0.25) is 0 Å². The second kappa shape index (κ2) is 4.77. The lowest BCUT2D eigenvalue weighted by Gasteiger charge is -2.22. The Morgan fingerprint density at radius 1 is 1.38 bits per heavy atom. The lowest BCUT2D eigenvalue weighted by atomic mass is 9.97. The quantitative estimate of drug-likeness (QED) is 0.832. The van der Waals surface area contributed by atoms with E-state index in [9.17, 15) is 13.2 Å². The first kappa shape index (κ1) is 13.9. The molecule has 0 radical (unpaired) electrons. The highest BCUT2D eigenvalue weighted by atomic mass is 19.4. The summed E-state index contributed by atoms with van der Waals surface area (Å²) in [6, 6.07) is 5.10. The third kappa shape index (κ3) is 2.27. The van der Waals surface area contributed by atoms with Gasteiger partial charge in [0.05, 0.1) is 5.57 Å². The molecule has 1 aromatic rings. The summed E-state index contributed by atoms with van der Waals surface area (Å²) in [5.74, 6) is 0. The van der Waals surface area contributed by atoms with Crippen molar-refractivity contribution in [1.29, 1.82) is 0 Å². The summed E-state index contributed by atoms with van der Waals surface area (Å²) in [4.78, 5) is 0. The number of hydrogen-bond acceptors (Lipinski definition) is 2. The van der Waals surface area contributed by atoms with E-state index in [0.29, 0.717) is 24.2 Å². The first-order chi connectivity index (χ1) is 9.91. The van der Waals surface area contributed by atoms with Crippen LogP contribution in [-0.4, -0.2) is 17.7 Å². The number of halogens is 3. The van der Waals surface area contributed by atoms with E-state index in [1.807, 2.05) is 11.1 Å². The predicted molar refractivity (Wildman–Crippen MR) is 76.8 cm³/mol. The summed E-state index contributed by atoms with van der Waals surface area (Å²) in [5.41, 5.74) is 5.81. The number of allylic oxidation sites excluding steroid dienone is 4. The fraction of sp³-hybridized carbons (Fsp3) is 0.250. The Balaban J connectivity index is 2.19. The van der Waals surface area contributed by atoms with E-state index in [0.717, 1.165) is 11.3 Å². The van der Waals surface area contributed by atoms with Crippen LogP contribution in [0.1, 0.15) is 23.6 Å². The van der Waals surface area contributed by atoms with Crippen molar-refractivity contribution in [2.75, 3.05) is 6.54 Å². The fourth-order valence-electron chi connectivity index (χ4n) is 2.91. The van der Waals surface area contributed by atoms with Crippen LogP contribution >= 0.6 is 0 Å². The van der Waals surface area contributed by atoms with Crippen molar-refractivity contribution < 1.29 is 13.2 Å². The van der Waals surface area contributed by atoms with Crippen molar-refractivity contribution in [1.82, 2.24) is 10.4 Å². The van der Waals surface area contributed by atoms with Crippen molar-refractivity contribution in [3.05, 3.63) is 59.3 Å². The van der Waals surface area contributed by atoms with Crippen LogP contribution < -0.4 is 5.43 Å². The van der Waals surface area contributed by atoms with Gasteiger partial charge < -0.3 is 5.43 Å². The van der Waals surface area contributed by atoms with Gasteiger partial charge in [0.25, 0.3) is 0 Å². The van der Waals surface area contributed by atoms with Gasteiger partial charge in [-0.2, -0.15) is 13.2 Å². The van der Waals surface area contributed by atoms with Crippen LogP contribution in [0.2, 0.25) is 0 Å². The minimum atomic E-state index is -4.34. The van der Waals surface area contributed by atoms with Crippen LogP contribution in [0.15, 0.2) is 42.6 Å². The lowest BCUT2D eigenvalue weighted by molar-refractivity contribution is -0.0687. The Morgan fingerprint density at radius 3 is 2.81 bits per heavy atom. The van der Waals surface area contributed by atoms with Gasteiger partial charge in [-0.25, -0.2) is 5.01 Å². The second-order valence-corrected chi connectivity index (χ2v) is 5.22. The second-order valence-electron chi connectivity index (χ2n) is 5.22. The summed E-state index contributed by atoms with van der Waals surface area (Å²) in [6.07, 6.45) is -1.33. The predicted octanol–water partition coefficient (Wildman–Crippen LogP) is 3.88. The Bertz CT molecular complexity index is 669. The monoisotopic (exact) mass is 292 g/mol. The molecule has 0 aromatic heterocycles. The molecule has 110 valence electrons. The summed E-state index contributed by atoms with van der Waals surface area (Å²) in [5, 5.41) is 1.93. The molecular formula is C16H15F3N2. The van der Waals surface area contributed by atoms with Gasteiger partial charge in [-0.05, 0) is 29.7 Å². The maximum Gasteiger partial charge on any atom is 0.417 e. The van der Waals surface area contributed by atoms with Crippen molar-refractivity contribution in [3.8, 4) is 0 Å². The van der Waals surface area contributed by atoms with E-state index in [1.54, 1.807) is 25.1 Å². The number of alkyl halides is 3. The van der Waals surface area contributed by atoms with Gasteiger partial charge in [0.1, 0.15) is 0 Å². The molecule has 1 heterocycles. The van der Waals surface area contributed by atoms with Crippen molar-refractivity contribution in [2.24, 2.45) is 0 Å². The lowest BCUT2D eigenvalue weighted by Crippen LogP contribution is -2.35. The minimum Gasteiger partial charge on any atom is -0.322 e. The number of benzene rings is 1. The zero-order valence-electron chi connectivity index (χ0n) is 11.6. The van der Waals surface area contributed by atoms with Gasteiger partial charge in [-0.1, -0.05) is 24.3 Å². The van der Waals surface area contributed by atoms with Gasteiger partial charge in [0.2, 0.25) is 0 Å². The number of hydrazine groups is 1. The maximum atomic E-state index is 13.2. The first-order valence-electron chi connectivity index (χ1n) is 6.66. The van der Waals surface area contributed by atoms with Crippen LogP contribution in [0.3, 0.4) is 0 Å². The third-order valence-electron chi connectivity index (χ3n) is 3.74. The molecule has 2 nitrogen and oxygen atoms in total. The molecule has 0 unspecified atom stereocenters. The molecule has 0 atom stereocenters. The molecule has 0 saturated carbocycles. The molecule has 5 heteroatoms. The summed E-state index contributed by atoms with van der Waals surface area (Å²) >= 11 is 0. The molecule has 1 aliphatic carbocycles. The molecule has 1 aliphatic heterocycles. The summed E-state index contributed by atoms with van der Waals surface area (Å²) in [6.45, 7) is 6.65. The van der Waals surface area contributed by atoms with Crippen LogP contribution in [0.4, 0.5) is 13.2 Å². The van der Waals surface area contributed by atoms with E-state index in [1.165, 1.54) is 6.08 Å². The van der Waals surface area contributed by atoms with Gasteiger partial charge >= 0.3 is 6.18 Å². The molecule has 3 rings (SSSR count). The van der Waals surface area contributed by atoms with Gasteiger partial charge in [-0.15, -0.1) is 6.58 Å². The number of hydrogen-bond donors (Lipinski definition) is 1. The van der Waals surface area contributed by atoms with E-state index in [4.69, 9.17) is 0 Å². The van der Waals surface area contributed by atoms with E-state index in [2.05, 4.69) is 12.0 Å². The Kier molecular flexibility index (Phi) is 3.17. The molecule has 1 aromatic carbocycles. The topological polar surface area (TPSA) is 15.3 Å². The highest BCUT2D eigenvalue weighted by Gasteiger charge is 2.40. The molecule has 0 spiro atoms. The molecule has 2 aliphatic rings. The Labute approximate surface area is 121 Å². The fourth-order valence-corrected chi connectivity index (χ4v) is 2.91. The molecule has 21 heavy (non-hydrogen) atoms. The van der Waals surface area contributed by atoms with Gasteiger partial charge in [0, 0.05) is 24.4 Å². The van der Waals surface area contributed by atoms with Crippen molar-refractivity contribution in [3.63, 3.8) is 0 Å². The highest BCUT2D eigenvalue weighted by molar-refractivity contribution is 5.99. The number of nitrogens with zero attached hydrogens (tertiary/aromatic N) is 1. The molecular weight excluding hydrogens is 277 g/mol. The number of rotatable bonds is 2. The van der Waals surface area contributed by atoms with E-state index < -0.39 is 11.7 Å². The zero-order chi connectivity index (χ0) is 15.2. The molecule has 0 saturated heterocycles. The van der Waals surface area contributed by atoms with Gasteiger partial charge in [0.15, 0.2) is 0 Å². The third-order valence-corrected chi connectivity index (χ3v) is 3.74. The summed E-state index contributed by atoms with van der Waals surface area (Å²) < 4.78 is 39.6. The molecule has 0 fully saturated rings. The zero-order valence-corrected chi connectivity index (χ0v) is 11.6. The van der Waals surface area contributed by atoms with E-state index >= 15 is 0 Å². The summed E-state index contributed by atoms with van der Waals surface area (Å²) in [7, 11) is 0. The normalized spacial score (nSPS) is 18.0. The maximum absolute atomic E-state index is 13.2. The number of nitrogens with one attached hydrogen (secondary N) is 1.